The van der Waals surface area contributed by atoms with Crippen LogP contribution >= 0.6 is 0 Å². The molecule has 0 aromatic carbocycles. The third-order valence-electron chi connectivity index (χ3n) is 8.12. The van der Waals surface area contributed by atoms with E-state index in [0.717, 1.165) is 116 Å². The number of ether oxygens (including phenoxy) is 3. The van der Waals surface area contributed by atoms with Crippen LogP contribution in [0.15, 0.2) is 0 Å². The Bertz CT molecular complexity index is 626. The zero-order valence-corrected chi connectivity index (χ0v) is 29.5. The van der Waals surface area contributed by atoms with Crippen LogP contribution < -0.4 is 0 Å². The van der Waals surface area contributed by atoms with Crippen LogP contribution in [0.3, 0.4) is 0 Å². The third-order valence-corrected chi connectivity index (χ3v) is 8.12. The summed E-state index contributed by atoms with van der Waals surface area (Å²) in [6.07, 6.45) is 26.1. The molecule has 0 rings (SSSR count). The molecule has 0 unspecified atom stereocenters. The quantitative estimate of drug-likeness (QED) is 0.0408. The molecule has 7 nitrogen and oxygen atoms in total. The first kappa shape index (κ1) is 42.4. The topological polar surface area (TPSA) is 82.1 Å². The standard InChI is InChI=1S/C37H71NO6/c1-5-7-9-17-23-32-42-35(39)28-21-15-11-13-19-26-34(44-37(41)30-25-31-38(3)4)27-20-14-12-16-22-29-36(40)43-33-24-18-10-8-6-2/h34H,5-33H2,1-4H3. The minimum atomic E-state index is -0.0791. The fourth-order valence-electron chi connectivity index (χ4n) is 5.32. The average Bonchev–Trinajstić information content (AvgIpc) is 2.99. The normalized spacial score (nSPS) is 11.3. The number of hydrogen-bond acceptors (Lipinski definition) is 7. The minimum absolute atomic E-state index is 0.0125. The molecule has 0 radical (unpaired) electrons. The first-order valence-corrected chi connectivity index (χ1v) is 18.5. The van der Waals surface area contributed by atoms with Crippen molar-refractivity contribution in [3.05, 3.63) is 0 Å². The summed E-state index contributed by atoms with van der Waals surface area (Å²) in [6.45, 7) is 6.41. The number of hydrogen-bond donors (Lipinski definition) is 0. The highest BCUT2D eigenvalue weighted by molar-refractivity contribution is 5.70. The largest absolute Gasteiger partial charge is 0.466 e. The van der Waals surface area contributed by atoms with E-state index in [1.807, 2.05) is 14.1 Å². The van der Waals surface area contributed by atoms with Gasteiger partial charge in [-0.3, -0.25) is 14.4 Å². The molecule has 0 aliphatic rings. The van der Waals surface area contributed by atoms with Gasteiger partial charge in [0.1, 0.15) is 6.10 Å². The van der Waals surface area contributed by atoms with Gasteiger partial charge in [0.05, 0.1) is 13.2 Å². The summed E-state index contributed by atoms with van der Waals surface area (Å²) in [4.78, 5) is 38.4. The molecule has 0 atom stereocenters. The minimum Gasteiger partial charge on any atom is -0.466 e. The van der Waals surface area contributed by atoms with Gasteiger partial charge in [-0.15, -0.1) is 0 Å². The Hall–Kier alpha value is -1.63. The molecule has 0 saturated heterocycles. The van der Waals surface area contributed by atoms with E-state index < -0.39 is 0 Å². The SMILES string of the molecule is CCCCCCCOC(=O)CCCCCCCC(CCCCCCCC(=O)OCCCCCCC)OC(=O)CCCN(C)C. The third kappa shape index (κ3) is 31.8. The van der Waals surface area contributed by atoms with Crippen molar-refractivity contribution in [2.45, 2.75) is 187 Å². The fraction of sp³-hybridized carbons (Fsp3) is 0.919. The summed E-state index contributed by atoms with van der Waals surface area (Å²) in [6, 6.07) is 0. The van der Waals surface area contributed by atoms with Crippen molar-refractivity contribution < 1.29 is 28.6 Å². The van der Waals surface area contributed by atoms with E-state index in [1.165, 1.54) is 38.5 Å². The Balaban J connectivity index is 4.08. The second-order valence-electron chi connectivity index (χ2n) is 12.9. The lowest BCUT2D eigenvalue weighted by molar-refractivity contribution is -0.150. The number of unbranched alkanes of at least 4 members (excludes halogenated alkanes) is 16. The zero-order chi connectivity index (χ0) is 32.5. The molecule has 0 N–H and O–H groups in total. The Labute approximate surface area is 271 Å². The summed E-state index contributed by atoms with van der Waals surface area (Å²) in [5.41, 5.74) is 0. The van der Waals surface area contributed by atoms with Gasteiger partial charge in [-0.05, 0) is 78.4 Å². The molecule has 7 heteroatoms. The summed E-state index contributed by atoms with van der Waals surface area (Å²) < 4.78 is 16.6. The number of carbonyl (C=O) groups excluding carboxylic acids is 3. The molecule has 0 heterocycles. The second-order valence-corrected chi connectivity index (χ2v) is 12.9. The molecule has 0 aliphatic heterocycles. The van der Waals surface area contributed by atoms with Gasteiger partial charge < -0.3 is 19.1 Å². The number of esters is 3. The molecule has 0 spiro atoms. The van der Waals surface area contributed by atoms with E-state index in [2.05, 4.69) is 18.7 Å². The van der Waals surface area contributed by atoms with Gasteiger partial charge >= 0.3 is 17.9 Å². The lowest BCUT2D eigenvalue weighted by Gasteiger charge is -2.18. The zero-order valence-electron chi connectivity index (χ0n) is 29.5. The van der Waals surface area contributed by atoms with Crippen LogP contribution in [0.1, 0.15) is 181 Å². The van der Waals surface area contributed by atoms with Crippen molar-refractivity contribution in [2.75, 3.05) is 33.9 Å². The van der Waals surface area contributed by atoms with Crippen LogP contribution in [0.4, 0.5) is 0 Å². The van der Waals surface area contributed by atoms with Crippen molar-refractivity contribution in [3.8, 4) is 0 Å². The van der Waals surface area contributed by atoms with Crippen molar-refractivity contribution in [1.82, 2.24) is 4.90 Å². The summed E-state index contributed by atoms with van der Waals surface area (Å²) in [5.74, 6) is -0.200. The predicted octanol–water partition coefficient (Wildman–Crippen LogP) is 9.73. The molecule has 0 aromatic heterocycles. The molecule has 44 heavy (non-hydrogen) atoms. The van der Waals surface area contributed by atoms with Gasteiger partial charge in [0.15, 0.2) is 0 Å². The molecular formula is C37H71NO6. The van der Waals surface area contributed by atoms with Gasteiger partial charge in [-0.2, -0.15) is 0 Å². The predicted molar refractivity (Wildman–Crippen MR) is 182 cm³/mol. The monoisotopic (exact) mass is 626 g/mol. The Morgan fingerprint density at radius 1 is 0.477 bits per heavy atom. The van der Waals surface area contributed by atoms with Crippen LogP contribution in [0.2, 0.25) is 0 Å². The maximum Gasteiger partial charge on any atom is 0.306 e. The van der Waals surface area contributed by atoms with Crippen LogP contribution in [0.25, 0.3) is 0 Å². The molecule has 0 aliphatic carbocycles. The Morgan fingerprint density at radius 3 is 1.32 bits per heavy atom. The maximum atomic E-state index is 12.5. The highest BCUT2D eigenvalue weighted by Gasteiger charge is 2.14. The summed E-state index contributed by atoms with van der Waals surface area (Å²) in [5, 5.41) is 0. The lowest BCUT2D eigenvalue weighted by Crippen LogP contribution is -2.20. The van der Waals surface area contributed by atoms with E-state index in [1.54, 1.807) is 0 Å². The van der Waals surface area contributed by atoms with Crippen LogP contribution in [0.5, 0.6) is 0 Å². The lowest BCUT2D eigenvalue weighted by atomic mass is 10.0. The van der Waals surface area contributed by atoms with E-state index in [-0.39, 0.29) is 24.0 Å². The van der Waals surface area contributed by atoms with E-state index in [0.29, 0.717) is 32.5 Å². The van der Waals surface area contributed by atoms with Crippen molar-refractivity contribution in [3.63, 3.8) is 0 Å². The average molecular weight is 626 g/mol. The maximum absolute atomic E-state index is 12.5. The van der Waals surface area contributed by atoms with Gasteiger partial charge in [-0.25, -0.2) is 0 Å². The Kier molecular flexibility index (Phi) is 31.5. The second kappa shape index (κ2) is 32.8. The smallest absolute Gasteiger partial charge is 0.306 e. The molecule has 0 amide bonds. The van der Waals surface area contributed by atoms with Crippen LogP contribution in [-0.2, 0) is 28.6 Å². The first-order valence-electron chi connectivity index (χ1n) is 18.5. The van der Waals surface area contributed by atoms with Crippen molar-refractivity contribution in [2.24, 2.45) is 0 Å². The molecule has 0 bridgehead atoms. The van der Waals surface area contributed by atoms with Gasteiger partial charge in [0.2, 0.25) is 0 Å². The van der Waals surface area contributed by atoms with Gasteiger partial charge in [0.25, 0.3) is 0 Å². The van der Waals surface area contributed by atoms with E-state index in [4.69, 9.17) is 14.2 Å². The van der Waals surface area contributed by atoms with Gasteiger partial charge in [0, 0.05) is 19.3 Å². The van der Waals surface area contributed by atoms with Gasteiger partial charge in [-0.1, -0.05) is 104 Å². The molecular weight excluding hydrogens is 554 g/mol. The van der Waals surface area contributed by atoms with E-state index in [9.17, 15) is 14.4 Å². The van der Waals surface area contributed by atoms with E-state index >= 15 is 0 Å². The highest BCUT2D eigenvalue weighted by Crippen LogP contribution is 2.18. The fourth-order valence-corrected chi connectivity index (χ4v) is 5.32. The van der Waals surface area contributed by atoms with Crippen LogP contribution in [-0.4, -0.2) is 62.8 Å². The van der Waals surface area contributed by atoms with Crippen molar-refractivity contribution >= 4 is 17.9 Å². The molecule has 0 aromatic rings. The molecule has 0 saturated carbocycles. The highest BCUT2D eigenvalue weighted by atomic mass is 16.5. The molecule has 260 valence electrons. The summed E-state index contributed by atoms with van der Waals surface area (Å²) in [7, 11) is 4.04. The number of rotatable bonds is 33. The van der Waals surface area contributed by atoms with Crippen molar-refractivity contribution in [1.29, 1.82) is 0 Å². The number of carbonyl (C=O) groups is 3. The number of nitrogens with zero attached hydrogens (tertiary/aromatic N) is 1. The Morgan fingerprint density at radius 2 is 0.864 bits per heavy atom. The van der Waals surface area contributed by atoms with Crippen LogP contribution in [0, 0.1) is 0 Å². The first-order chi connectivity index (χ1) is 21.4. The summed E-state index contributed by atoms with van der Waals surface area (Å²) >= 11 is 0. The molecule has 0 fully saturated rings.